The van der Waals surface area contributed by atoms with E-state index in [0.717, 1.165) is 0 Å². The molecule has 0 bridgehead atoms. The van der Waals surface area contributed by atoms with Crippen LogP contribution < -0.4 is 0 Å². The monoisotopic (exact) mass is 303 g/mol. The Labute approximate surface area is 109 Å². The maximum atomic E-state index is 12.8. The number of ether oxygens (including phenoxy) is 1. The van der Waals surface area contributed by atoms with Crippen molar-refractivity contribution in [3.8, 4) is 0 Å². The predicted octanol–water partition coefficient (Wildman–Crippen LogP) is 3.87. The van der Waals surface area contributed by atoms with E-state index in [0.29, 0.717) is 6.07 Å². The largest absolute Gasteiger partial charge is 0.462 e. The lowest BCUT2D eigenvalue weighted by molar-refractivity contribution is -0.140. The van der Waals surface area contributed by atoms with E-state index in [1.165, 1.54) is 6.92 Å². The van der Waals surface area contributed by atoms with Gasteiger partial charge in [-0.15, -0.1) is 0 Å². The Bertz CT molecular complexity index is 490. The topological polar surface area (TPSA) is 39.2 Å². The number of carbonyl (C=O) groups excluding carboxylic acids is 1. The highest BCUT2D eigenvalue weighted by atomic mass is 35.5. The lowest BCUT2D eigenvalue weighted by atomic mass is 10.1. The van der Waals surface area contributed by atoms with E-state index in [1.807, 2.05) is 0 Å². The Morgan fingerprint density at radius 2 is 2.05 bits per heavy atom. The van der Waals surface area contributed by atoms with Crippen LogP contribution in [0.15, 0.2) is 6.07 Å². The van der Waals surface area contributed by atoms with Crippen molar-refractivity contribution < 1.29 is 31.5 Å². The third-order valence-corrected chi connectivity index (χ3v) is 2.20. The Morgan fingerprint density at radius 1 is 1.47 bits per heavy atom. The van der Waals surface area contributed by atoms with E-state index in [1.54, 1.807) is 0 Å². The van der Waals surface area contributed by atoms with Crippen LogP contribution >= 0.6 is 11.6 Å². The van der Waals surface area contributed by atoms with E-state index >= 15 is 0 Å². The van der Waals surface area contributed by atoms with Crippen LogP contribution in [0, 0.1) is 0 Å². The quantitative estimate of drug-likeness (QED) is 0.483. The summed E-state index contributed by atoms with van der Waals surface area (Å²) in [7, 11) is 0. The van der Waals surface area contributed by atoms with Gasteiger partial charge in [0, 0.05) is 0 Å². The zero-order chi connectivity index (χ0) is 14.8. The van der Waals surface area contributed by atoms with Gasteiger partial charge in [0.05, 0.1) is 17.7 Å². The van der Waals surface area contributed by atoms with Gasteiger partial charge in [0.1, 0.15) is 10.8 Å². The average molecular weight is 304 g/mol. The van der Waals surface area contributed by atoms with E-state index in [2.05, 4.69) is 9.72 Å². The van der Waals surface area contributed by atoms with Crippen molar-refractivity contribution in [1.29, 1.82) is 0 Å². The van der Waals surface area contributed by atoms with Gasteiger partial charge >= 0.3 is 12.1 Å². The van der Waals surface area contributed by atoms with E-state index < -0.39 is 40.5 Å². The molecule has 0 aromatic carbocycles. The molecule has 9 heteroatoms. The van der Waals surface area contributed by atoms with Crippen molar-refractivity contribution in [3.63, 3.8) is 0 Å². The Kier molecular flexibility index (Phi) is 4.67. The second-order valence-corrected chi connectivity index (χ2v) is 3.66. The van der Waals surface area contributed by atoms with Crippen LogP contribution in [0.5, 0.6) is 0 Å². The Balaban J connectivity index is 3.56. The number of alkyl halides is 5. The van der Waals surface area contributed by atoms with E-state index in [9.17, 15) is 26.7 Å². The molecular weight excluding hydrogens is 297 g/mol. The Hall–Kier alpha value is -1.44. The summed E-state index contributed by atoms with van der Waals surface area (Å²) < 4.78 is 67.9. The van der Waals surface area contributed by atoms with Crippen molar-refractivity contribution in [2.75, 3.05) is 6.61 Å². The number of rotatable bonds is 3. The molecule has 1 rings (SSSR count). The van der Waals surface area contributed by atoms with Crippen LogP contribution in [-0.4, -0.2) is 17.6 Å². The molecule has 19 heavy (non-hydrogen) atoms. The van der Waals surface area contributed by atoms with Gasteiger partial charge in [-0.1, -0.05) is 11.6 Å². The summed E-state index contributed by atoms with van der Waals surface area (Å²) in [4.78, 5) is 14.3. The number of carbonyl (C=O) groups is 1. The number of esters is 1. The summed E-state index contributed by atoms with van der Waals surface area (Å²) >= 11 is 5.34. The van der Waals surface area contributed by atoms with Gasteiger partial charge in [-0.3, -0.25) is 0 Å². The molecule has 0 saturated heterocycles. The molecule has 0 saturated carbocycles. The highest BCUT2D eigenvalue weighted by molar-refractivity contribution is 6.29. The second-order valence-electron chi connectivity index (χ2n) is 3.27. The van der Waals surface area contributed by atoms with Gasteiger partial charge in [0.2, 0.25) is 0 Å². The normalized spacial score (nSPS) is 11.8. The summed E-state index contributed by atoms with van der Waals surface area (Å²) in [6.45, 7) is 1.15. The molecule has 0 aliphatic rings. The fourth-order valence-electron chi connectivity index (χ4n) is 1.36. The third kappa shape index (κ3) is 3.52. The van der Waals surface area contributed by atoms with Gasteiger partial charge in [0.25, 0.3) is 6.43 Å². The first kappa shape index (κ1) is 15.6. The van der Waals surface area contributed by atoms with Crippen molar-refractivity contribution in [2.45, 2.75) is 19.5 Å². The number of aromatic nitrogens is 1. The number of hydrogen-bond donors (Lipinski definition) is 0. The molecule has 0 atom stereocenters. The van der Waals surface area contributed by atoms with Crippen molar-refractivity contribution in [3.05, 3.63) is 28.0 Å². The van der Waals surface area contributed by atoms with Crippen LogP contribution in [0.2, 0.25) is 5.15 Å². The standard InChI is InChI=1S/C10H7ClF5NO2/c1-2-19-9(18)4-3-5(11)17-7(8(12)13)6(4)10(14,15)16/h3,8H,2H2,1H3. The molecular formula is C10H7ClF5NO2. The fraction of sp³-hybridized carbons (Fsp3) is 0.400. The molecule has 0 N–H and O–H groups in total. The molecule has 1 aromatic rings. The zero-order valence-electron chi connectivity index (χ0n) is 9.39. The molecule has 0 unspecified atom stereocenters. The summed E-state index contributed by atoms with van der Waals surface area (Å²) in [5.41, 5.74) is -4.50. The highest BCUT2D eigenvalue weighted by Gasteiger charge is 2.41. The first-order valence-electron chi connectivity index (χ1n) is 4.91. The second kappa shape index (κ2) is 5.68. The number of pyridine rings is 1. The third-order valence-electron chi connectivity index (χ3n) is 2.00. The van der Waals surface area contributed by atoms with Crippen LogP contribution in [0.1, 0.15) is 35.0 Å². The first-order valence-corrected chi connectivity index (χ1v) is 5.29. The highest BCUT2D eigenvalue weighted by Crippen LogP contribution is 2.38. The fourth-order valence-corrected chi connectivity index (χ4v) is 1.56. The van der Waals surface area contributed by atoms with Gasteiger partial charge in [-0.2, -0.15) is 13.2 Å². The van der Waals surface area contributed by atoms with Crippen LogP contribution in [0.25, 0.3) is 0 Å². The minimum atomic E-state index is -5.18. The molecule has 0 spiro atoms. The maximum Gasteiger partial charge on any atom is 0.419 e. The molecule has 0 fully saturated rings. The van der Waals surface area contributed by atoms with Gasteiger partial charge in [0.15, 0.2) is 0 Å². The van der Waals surface area contributed by atoms with E-state index in [-0.39, 0.29) is 6.61 Å². The van der Waals surface area contributed by atoms with E-state index in [4.69, 9.17) is 11.6 Å². The average Bonchev–Trinajstić information content (AvgIpc) is 2.26. The number of halogens is 6. The van der Waals surface area contributed by atoms with Crippen LogP contribution in [0.3, 0.4) is 0 Å². The smallest absolute Gasteiger partial charge is 0.419 e. The van der Waals surface area contributed by atoms with Crippen molar-refractivity contribution in [2.24, 2.45) is 0 Å². The maximum absolute atomic E-state index is 12.8. The zero-order valence-corrected chi connectivity index (χ0v) is 10.1. The summed E-state index contributed by atoms with van der Waals surface area (Å²) in [6, 6.07) is 0.550. The summed E-state index contributed by atoms with van der Waals surface area (Å²) in [5.74, 6) is -1.39. The molecule has 0 amide bonds. The molecule has 106 valence electrons. The van der Waals surface area contributed by atoms with Gasteiger partial charge in [-0.05, 0) is 13.0 Å². The van der Waals surface area contributed by atoms with Crippen molar-refractivity contribution >= 4 is 17.6 Å². The number of nitrogens with zero attached hydrogens (tertiary/aromatic N) is 1. The van der Waals surface area contributed by atoms with Gasteiger partial charge in [-0.25, -0.2) is 18.6 Å². The van der Waals surface area contributed by atoms with Crippen LogP contribution in [-0.2, 0) is 10.9 Å². The molecule has 3 nitrogen and oxygen atoms in total. The Morgan fingerprint density at radius 3 is 2.47 bits per heavy atom. The summed E-state index contributed by atoms with van der Waals surface area (Å²) in [6.07, 6.45) is -8.70. The predicted molar refractivity (Wildman–Crippen MR) is 55.2 cm³/mol. The summed E-state index contributed by atoms with van der Waals surface area (Å²) in [5, 5.41) is -0.647. The molecule has 0 aliphatic carbocycles. The SMILES string of the molecule is CCOC(=O)c1cc(Cl)nc(C(F)F)c1C(F)(F)F. The lowest BCUT2D eigenvalue weighted by Gasteiger charge is -2.15. The molecule has 0 radical (unpaired) electrons. The minimum Gasteiger partial charge on any atom is -0.462 e. The lowest BCUT2D eigenvalue weighted by Crippen LogP contribution is -2.19. The molecule has 1 heterocycles. The number of hydrogen-bond acceptors (Lipinski definition) is 3. The minimum absolute atomic E-state index is 0.208. The van der Waals surface area contributed by atoms with Crippen molar-refractivity contribution in [1.82, 2.24) is 4.98 Å². The first-order chi connectivity index (χ1) is 8.68. The molecule has 1 aromatic heterocycles. The van der Waals surface area contributed by atoms with Crippen LogP contribution in [0.4, 0.5) is 22.0 Å². The van der Waals surface area contributed by atoms with Gasteiger partial charge < -0.3 is 4.74 Å². The molecule has 0 aliphatic heterocycles.